The first-order valence-corrected chi connectivity index (χ1v) is 6.08. The van der Waals surface area contributed by atoms with Crippen LogP contribution in [0.1, 0.15) is 44.1 Å². The zero-order valence-corrected chi connectivity index (χ0v) is 9.52. The highest BCUT2D eigenvalue weighted by molar-refractivity contribution is 5.20. The summed E-state index contributed by atoms with van der Waals surface area (Å²) in [5.74, 6) is 1.66. The third-order valence-electron chi connectivity index (χ3n) is 3.51. The van der Waals surface area contributed by atoms with Crippen LogP contribution in [-0.2, 0) is 0 Å². The Morgan fingerprint density at radius 3 is 2.27 bits per heavy atom. The van der Waals surface area contributed by atoms with E-state index < -0.39 is 0 Å². The first-order valence-electron chi connectivity index (χ1n) is 6.08. The maximum absolute atomic E-state index is 2.38. The molecule has 0 atom stereocenters. The summed E-state index contributed by atoms with van der Waals surface area (Å²) in [4.78, 5) is 0. The van der Waals surface area contributed by atoms with Crippen molar-refractivity contribution in [2.75, 3.05) is 0 Å². The molecule has 15 heavy (non-hydrogen) atoms. The van der Waals surface area contributed by atoms with Crippen molar-refractivity contribution in [3.63, 3.8) is 0 Å². The van der Waals surface area contributed by atoms with E-state index in [9.17, 15) is 0 Å². The number of benzene rings is 1. The monoisotopic (exact) mass is 200 g/mol. The maximum atomic E-state index is 2.38. The van der Waals surface area contributed by atoms with Crippen molar-refractivity contribution in [3.8, 4) is 0 Å². The normalized spacial score (nSPS) is 27.0. The van der Waals surface area contributed by atoms with Gasteiger partial charge in [0.1, 0.15) is 0 Å². The average Bonchev–Trinajstić information content (AvgIpc) is 2.32. The first-order chi connectivity index (χ1) is 7.40. The first kappa shape index (κ1) is 10.5. The smallest absolute Gasteiger partial charge is 0.0162 e. The topological polar surface area (TPSA) is 0 Å². The van der Waals surface area contributed by atoms with E-state index >= 15 is 0 Å². The standard InChI is InChI=1S/C15H20/c1-2-6-13-9-11-15(12-10-13)14-7-4-3-5-8-14/h2-8,13,15H,9-12H2,1H3/b6-2+. The van der Waals surface area contributed by atoms with Crippen LogP contribution in [0.2, 0.25) is 0 Å². The molecule has 0 unspecified atom stereocenters. The molecule has 0 spiro atoms. The van der Waals surface area contributed by atoms with E-state index in [1.807, 2.05) is 0 Å². The van der Waals surface area contributed by atoms with Gasteiger partial charge in [-0.3, -0.25) is 0 Å². The third-order valence-corrected chi connectivity index (χ3v) is 3.51. The van der Waals surface area contributed by atoms with Gasteiger partial charge < -0.3 is 0 Å². The quantitative estimate of drug-likeness (QED) is 0.615. The molecule has 1 saturated carbocycles. The van der Waals surface area contributed by atoms with E-state index in [0.29, 0.717) is 0 Å². The molecule has 0 bridgehead atoms. The molecule has 0 radical (unpaired) electrons. The van der Waals surface area contributed by atoms with Gasteiger partial charge in [-0.05, 0) is 50.0 Å². The van der Waals surface area contributed by atoms with Gasteiger partial charge in [0.2, 0.25) is 0 Å². The molecule has 80 valence electrons. The summed E-state index contributed by atoms with van der Waals surface area (Å²) in [6.45, 7) is 2.13. The highest BCUT2D eigenvalue weighted by atomic mass is 14.2. The number of allylic oxidation sites excluding steroid dienone is 2. The molecule has 1 aliphatic rings. The molecule has 0 nitrogen and oxygen atoms in total. The Balaban J connectivity index is 1.94. The van der Waals surface area contributed by atoms with Crippen LogP contribution >= 0.6 is 0 Å². The molecule has 1 aromatic carbocycles. The Labute approximate surface area is 93.0 Å². The Morgan fingerprint density at radius 1 is 1.00 bits per heavy atom. The van der Waals surface area contributed by atoms with E-state index in [2.05, 4.69) is 49.4 Å². The number of hydrogen-bond acceptors (Lipinski definition) is 0. The van der Waals surface area contributed by atoms with Crippen LogP contribution in [0.15, 0.2) is 42.5 Å². The van der Waals surface area contributed by atoms with Gasteiger partial charge in [-0.1, -0.05) is 42.5 Å². The summed E-state index contributed by atoms with van der Waals surface area (Å²) < 4.78 is 0. The lowest BCUT2D eigenvalue weighted by Gasteiger charge is -2.27. The zero-order valence-electron chi connectivity index (χ0n) is 9.52. The van der Waals surface area contributed by atoms with Crippen LogP contribution in [0.25, 0.3) is 0 Å². The minimum absolute atomic E-state index is 0.813. The van der Waals surface area contributed by atoms with Gasteiger partial charge in [-0.2, -0.15) is 0 Å². The molecular formula is C15H20. The highest BCUT2D eigenvalue weighted by Gasteiger charge is 2.20. The summed E-state index contributed by atoms with van der Waals surface area (Å²) in [5, 5.41) is 0. The van der Waals surface area contributed by atoms with Crippen molar-refractivity contribution in [1.29, 1.82) is 0 Å². The highest BCUT2D eigenvalue weighted by Crippen LogP contribution is 2.35. The van der Waals surface area contributed by atoms with Crippen LogP contribution in [0, 0.1) is 5.92 Å². The molecule has 0 heteroatoms. The fourth-order valence-electron chi connectivity index (χ4n) is 2.64. The summed E-state index contributed by atoms with van der Waals surface area (Å²) >= 11 is 0. The predicted octanol–water partition coefficient (Wildman–Crippen LogP) is 4.54. The molecule has 0 heterocycles. The molecular weight excluding hydrogens is 180 g/mol. The fourth-order valence-corrected chi connectivity index (χ4v) is 2.64. The molecule has 0 amide bonds. The van der Waals surface area contributed by atoms with Gasteiger partial charge in [-0.25, -0.2) is 0 Å². The SMILES string of the molecule is C/C=C/C1CCC(c2ccccc2)CC1. The second-order valence-corrected chi connectivity index (χ2v) is 4.55. The van der Waals surface area contributed by atoms with Gasteiger partial charge in [0.15, 0.2) is 0 Å². The van der Waals surface area contributed by atoms with Gasteiger partial charge in [0.05, 0.1) is 0 Å². The second-order valence-electron chi connectivity index (χ2n) is 4.55. The maximum Gasteiger partial charge on any atom is -0.0162 e. The Bertz CT molecular complexity index is 302. The predicted molar refractivity (Wildman–Crippen MR) is 66.0 cm³/mol. The number of hydrogen-bond donors (Lipinski definition) is 0. The third kappa shape index (κ3) is 2.71. The second kappa shape index (κ2) is 5.16. The summed E-state index contributed by atoms with van der Waals surface area (Å²) in [7, 11) is 0. The van der Waals surface area contributed by atoms with E-state index in [1.165, 1.54) is 31.2 Å². The van der Waals surface area contributed by atoms with Crippen molar-refractivity contribution in [2.24, 2.45) is 5.92 Å². The van der Waals surface area contributed by atoms with Crippen molar-refractivity contribution < 1.29 is 0 Å². The van der Waals surface area contributed by atoms with Crippen molar-refractivity contribution >= 4 is 0 Å². The van der Waals surface area contributed by atoms with E-state index in [4.69, 9.17) is 0 Å². The van der Waals surface area contributed by atoms with E-state index in [-0.39, 0.29) is 0 Å². The Kier molecular flexibility index (Phi) is 3.60. The van der Waals surface area contributed by atoms with Gasteiger partial charge in [0.25, 0.3) is 0 Å². The summed E-state index contributed by atoms with van der Waals surface area (Å²) in [6.07, 6.45) is 10.0. The largest absolute Gasteiger partial charge is 0.0914 e. The lowest BCUT2D eigenvalue weighted by Crippen LogP contribution is -2.11. The van der Waals surface area contributed by atoms with Gasteiger partial charge >= 0.3 is 0 Å². The van der Waals surface area contributed by atoms with E-state index in [1.54, 1.807) is 0 Å². The number of rotatable bonds is 2. The molecule has 0 saturated heterocycles. The van der Waals surface area contributed by atoms with E-state index in [0.717, 1.165) is 11.8 Å². The Morgan fingerprint density at radius 2 is 1.67 bits per heavy atom. The summed E-state index contributed by atoms with van der Waals surface area (Å²) in [5.41, 5.74) is 1.54. The zero-order chi connectivity index (χ0) is 10.5. The van der Waals surface area contributed by atoms with Crippen molar-refractivity contribution in [1.82, 2.24) is 0 Å². The lowest BCUT2D eigenvalue weighted by atomic mass is 9.79. The molecule has 0 aliphatic heterocycles. The van der Waals surface area contributed by atoms with Crippen LogP contribution in [0.5, 0.6) is 0 Å². The van der Waals surface area contributed by atoms with Crippen molar-refractivity contribution in [3.05, 3.63) is 48.0 Å². The Hall–Kier alpha value is -1.04. The molecule has 1 aliphatic carbocycles. The molecule has 0 N–H and O–H groups in total. The minimum atomic E-state index is 0.813. The lowest BCUT2D eigenvalue weighted by molar-refractivity contribution is 0.375. The van der Waals surface area contributed by atoms with Gasteiger partial charge in [-0.15, -0.1) is 0 Å². The van der Waals surface area contributed by atoms with Crippen molar-refractivity contribution in [2.45, 2.75) is 38.5 Å². The average molecular weight is 200 g/mol. The molecule has 1 fully saturated rings. The van der Waals surface area contributed by atoms with Crippen LogP contribution in [-0.4, -0.2) is 0 Å². The summed E-state index contributed by atoms with van der Waals surface area (Å²) in [6, 6.07) is 11.0. The van der Waals surface area contributed by atoms with Crippen LogP contribution in [0.3, 0.4) is 0 Å². The fraction of sp³-hybridized carbons (Fsp3) is 0.467. The molecule has 2 rings (SSSR count). The van der Waals surface area contributed by atoms with Crippen LogP contribution < -0.4 is 0 Å². The molecule has 1 aromatic rings. The minimum Gasteiger partial charge on any atom is -0.0914 e. The van der Waals surface area contributed by atoms with Crippen LogP contribution in [0.4, 0.5) is 0 Å². The molecule has 0 aromatic heterocycles. The van der Waals surface area contributed by atoms with Gasteiger partial charge in [0, 0.05) is 0 Å².